The van der Waals surface area contributed by atoms with Gasteiger partial charge in [0.2, 0.25) is 0 Å². The van der Waals surface area contributed by atoms with Gasteiger partial charge in [-0.05, 0) is 42.3 Å². The van der Waals surface area contributed by atoms with E-state index in [1.807, 2.05) is 55.5 Å². The zero-order valence-electron chi connectivity index (χ0n) is 14.9. The number of rotatable bonds is 4. The van der Waals surface area contributed by atoms with Crippen LogP contribution in [0.15, 0.2) is 53.3 Å². The normalized spacial score (nSPS) is 11.1. The molecule has 1 N–H and O–H groups in total. The summed E-state index contributed by atoms with van der Waals surface area (Å²) in [5, 5.41) is 1.31. The molecule has 0 aliphatic carbocycles. The lowest BCUT2D eigenvalue weighted by Crippen LogP contribution is -2.11. The van der Waals surface area contributed by atoms with E-state index in [2.05, 4.69) is 4.98 Å². The number of nitrogens with one attached hydrogen (secondary N) is 1. The minimum atomic E-state index is -0.113. The molecule has 0 atom stereocenters. The van der Waals surface area contributed by atoms with Crippen molar-refractivity contribution in [1.82, 2.24) is 9.97 Å². The minimum Gasteiger partial charge on any atom is -0.497 e. The second kappa shape index (κ2) is 7.18. The Morgan fingerprint density at radius 3 is 2.48 bits per heavy atom. The number of halogens is 1. The van der Waals surface area contributed by atoms with Gasteiger partial charge in [-0.15, -0.1) is 11.3 Å². The third-order valence-corrected chi connectivity index (χ3v) is 5.70. The van der Waals surface area contributed by atoms with Gasteiger partial charge in [0.15, 0.2) is 0 Å². The lowest BCUT2D eigenvalue weighted by atomic mass is 10.0. The van der Waals surface area contributed by atoms with E-state index in [0.29, 0.717) is 22.7 Å². The van der Waals surface area contributed by atoms with Crippen molar-refractivity contribution in [3.05, 3.63) is 80.2 Å². The van der Waals surface area contributed by atoms with Gasteiger partial charge < -0.3 is 9.72 Å². The van der Waals surface area contributed by atoms with E-state index in [1.165, 1.54) is 11.3 Å². The summed E-state index contributed by atoms with van der Waals surface area (Å²) in [6, 6.07) is 15.3. The monoisotopic (exact) mass is 396 g/mol. The van der Waals surface area contributed by atoms with Crippen LogP contribution in [0.1, 0.15) is 16.3 Å². The maximum atomic E-state index is 12.8. The van der Waals surface area contributed by atoms with Crippen LogP contribution in [0.25, 0.3) is 21.3 Å². The van der Waals surface area contributed by atoms with Crippen LogP contribution in [0.2, 0.25) is 5.02 Å². The van der Waals surface area contributed by atoms with E-state index in [4.69, 9.17) is 21.3 Å². The number of aromatic nitrogens is 2. The molecule has 0 bridgehead atoms. The fourth-order valence-electron chi connectivity index (χ4n) is 3.15. The average Bonchev–Trinajstić information content (AvgIpc) is 2.99. The van der Waals surface area contributed by atoms with E-state index in [-0.39, 0.29) is 5.56 Å². The van der Waals surface area contributed by atoms with Gasteiger partial charge in [-0.25, -0.2) is 4.98 Å². The molecule has 0 radical (unpaired) electrons. The van der Waals surface area contributed by atoms with Crippen molar-refractivity contribution in [3.8, 4) is 16.9 Å². The van der Waals surface area contributed by atoms with Crippen molar-refractivity contribution < 1.29 is 4.74 Å². The molecule has 0 fully saturated rings. The van der Waals surface area contributed by atoms with E-state index in [0.717, 1.165) is 32.1 Å². The summed E-state index contributed by atoms with van der Waals surface area (Å²) in [5.74, 6) is 1.46. The third kappa shape index (κ3) is 3.48. The van der Waals surface area contributed by atoms with Crippen LogP contribution in [0.5, 0.6) is 5.75 Å². The van der Waals surface area contributed by atoms with Crippen molar-refractivity contribution in [2.45, 2.75) is 13.3 Å². The van der Waals surface area contributed by atoms with Gasteiger partial charge in [0.05, 0.1) is 12.5 Å². The first-order valence-electron chi connectivity index (χ1n) is 8.46. The summed E-state index contributed by atoms with van der Waals surface area (Å²) < 4.78 is 5.18. The molecule has 4 nitrogen and oxygen atoms in total. The molecule has 0 saturated carbocycles. The first-order chi connectivity index (χ1) is 13.0. The van der Waals surface area contributed by atoms with E-state index in [1.54, 1.807) is 7.11 Å². The SMILES string of the molecule is COc1ccc(Cc2nc3sc(C)c(-c4ccc(Cl)cc4)c3c(=O)[nH]2)cc1. The number of fused-ring (bicyclic) bond motifs is 1. The van der Waals surface area contributed by atoms with Crippen LogP contribution in [0.4, 0.5) is 0 Å². The number of aryl methyl sites for hydroxylation is 1. The molecule has 4 rings (SSSR count). The Bertz CT molecular complexity index is 1160. The van der Waals surface area contributed by atoms with Gasteiger partial charge in [-0.2, -0.15) is 0 Å². The van der Waals surface area contributed by atoms with Crippen LogP contribution in [-0.4, -0.2) is 17.1 Å². The molecule has 0 amide bonds. The van der Waals surface area contributed by atoms with Crippen molar-refractivity contribution in [1.29, 1.82) is 0 Å². The number of nitrogens with zero attached hydrogens (tertiary/aromatic N) is 1. The van der Waals surface area contributed by atoms with Gasteiger partial charge in [0.25, 0.3) is 5.56 Å². The van der Waals surface area contributed by atoms with Gasteiger partial charge in [0.1, 0.15) is 16.4 Å². The summed E-state index contributed by atoms with van der Waals surface area (Å²) in [5.41, 5.74) is 2.84. The molecule has 0 aliphatic rings. The van der Waals surface area contributed by atoms with E-state index in [9.17, 15) is 4.79 Å². The highest BCUT2D eigenvalue weighted by Crippen LogP contribution is 2.36. The Morgan fingerprint density at radius 1 is 1.11 bits per heavy atom. The molecular formula is C21H17ClN2O2S. The molecule has 0 saturated heterocycles. The number of thiophene rings is 1. The average molecular weight is 397 g/mol. The van der Waals surface area contributed by atoms with Crippen LogP contribution in [0.3, 0.4) is 0 Å². The molecule has 0 aliphatic heterocycles. The van der Waals surface area contributed by atoms with Gasteiger partial charge in [-0.3, -0.25) is 4.79 Å². The second-order valence-corrected chi connectivity index (χ2v) is 7.90. The first-order valence-corrected chi connectivity index (χ1v) is 9.66. The molecule has 0 unspecified atom stereocenters. The zero-order chi connectivity index (χ0) is 19.0. The lowest BCUT2D eigenvalue weighted by Gasteiger charge is -2.05. The Labute approximate surface area is 165 Å². The predicted molar refractivity (Wildman–Crippen MR) is 111 cm³/mol. The molecular weight excluding hydrogens is 380 g/mol. The summed E-state index contributed by atoms with van der Waals surface area (Å²) >= 11 is 7.53. The highest BCUT2D eigenvalue weighted by Gasteiger charge is 2.16. The number of ether oxygens (including phenoxy) is 1. The standard InChI is InChI=1S/C21H17ClN2O2S/c1-12-18(14-5-7-15(22)8-6-14)19-20(25)23-17(24-21(19)27-12)11-13-3-9-16(26-2)10-4-13/h3-10H,11H2,1-2H3,(H,23,24,25). The fraction of sp³-hybridized carbons (Fsp3) is 0.143. The Hall–Kier alpha value is -2.63. The maximum Gasteiger partial charge on any atom is 0.260 e. The molecule has 6 heteroatoms. The van der Waals surface area contributed by atoms with E-state index < -0.39 is 0 Å². The Kier molecular flexibility index (Phi) is 4.72. The Balaban J connectivity index is 1.76. The van der Waals surface area contributed by atoms with Gasteiger partial charge in [-0.1, -0.05) is 35.9 Å². The second-order valence-electron chi connectivity index (χ2n) is 6.26. The third-order valence-electron chi connectivity index (χ3n) is 4.45. The first kappa shape index (κ1) is 17.8. The van der Waals surface area contributed by atoms with Crippen molar-refractivity contribution in [3.63, 3.8) is 0 Å². The molecule has 2 heterocycles. The smallest absolute Gasteiger partial charge is 0.260 e. The largest absolute Gasteiger partial charge is 0.497 e. The predicted octanol–water partition coefficient (Wildman–Crippen LogP) is 5.21. The minimum absolute atomic E-state index is 0.113. The summed E-state index contributed by atoms with van der Waals surface area (Å²) in [6.07, 6.45) is 0.558. The molecule has 136 valence electrons. The number of benzene rings is 2. The number of H-pyrrole nitrogens is 1. The van der Waals surface area contributed by atoms with E-state index >= 15 is 0 Å². The summed E-state index contributed by atoms with van der Waals surface area (Å²) in [7, 11) is 1.64. The number of hydrogen-bond donors (Lipinski definition) is 1. The lowest BCUT2D eigenvalue weighted by molar-refractivity contribution is 0.414. The van der Waals surface area contributed by atoms with Crippen LogP contribution in [0, 0.1) is 6.92 Å². The van der Waals surface area contributed by atoms with Crippen LogP contribution >= 0.6 is 22.9 Å². The van der Waals surface area contributed by atoms with Crippen molar-refractivity contribution >= 4 is 33.2 Å². The molecule has 4 aromatic rings. The van der Waals surface area contributed by atoms with Crippen LogP contribution in [-0.2, 0) is 6.42 Å². The fourth-order valence-corrected chi connectivity index (χ4v) is 4.34. The zero-order valence-corrected chi connectivity index (χ0v) is 16.4. The molecule has 2 aromatic carbocycles. The van der Waals surface area contributed by atoms with Crippen LogP contribution < -0.4 is 10.3 Å². The Morgan fingerprint density at radius 2 is 1.81 bits per heavy atom. The quantitative estimate of drug-likeness (QED) is 0.515. The molecule has 0 spiro atoms. The summed E-state index contributed by atoms with van der Waals surface area (Å²) in [4.78, 5) is 22.3. The van der Waals surface area contributed by atoms with Gasteiger partial charge >= 0.3 is 0 Å². The number of aromatic amines is 1. The summed E-state index contributed by atoms with van der Waals surface area (Å²) in [6.45, 7) is 2.01. The van der Waals surface area contributed by atoms with Gasteiger partial charge in [0, 0.05) is 21.9 Å². The van der Waals surface area contributed by atoms with Crippen molar-refractivity contribution in [2.24, 2.45) is 0 Å². The molecule has 27 heavy (non-hydrogen) atoms. The highest BCUT2D eigenvalue weighted by molar-refractivity contribution is 7.19. The topological polar surface area (TPSA) is 55.0 Å². The number of hydrogen-bond acceptors (Lipinski definition) is 4. The number of methoxy groups -OCH3 is 1. The highest BCUT2D eigenvalue weighted by atomic mass is 35.5. The maximum absolute atomic E-state index is 12.8. The molecule has 2 aromatic heterocycles. The van der Waals surface area contributed by atoms with Crippen molar-refractivity contribution in [2.75, 3.05) is 7.11 Å².